The zero-order valence-electron chi connectivity index (χ0n) is 14.7. The molecule has 24 heavy (non-hydrogen) atoms. The van der Waals surface area contributed by atoms with Crippen molar-refractivity contribution in [1.29, 1.82) is 0 Å². The molecule has 0 fully saturated rings. The standard InChI is InChI=1S/C19H25N3O2/c1-13(2)11-21-19(23)15-9-10-18(20-12-15)22-16-7-5-6-8-17(16)24-14(3)4/h5-10,12-14H,11H2,1-4H3,(H,20,22)(H,21,23). The first-order valence-electron chi connectivity index (χ1n) is 8.22. The van der Waals surface area contributed by atoms with Crippen LogP contribution in [0, 0.1) is 5.92 Å². The van der Waals surface area contributed by atoms with Gasteiger partial charge in [0.1, 0.15) is 11.6 Å². The third-order valence-corrected chi connectivity index (χ3v) is 3.21. The summed E-state index contributed by atoms with van der Waals surface area (Å²) in [5, 5.41) is 6.11. The summed E-state index contributed by atoms with van der Waals surface area (Å²) in [5.74, 6) is 1.75. The Hall–Kier alpha value is -2.56. The number of ether oxygens (including phenoxy) is 1. The Kier molecular flexibility index (Phi) is 6.18. The molecule has 1 aromatic heterocycles. The Balaban J connectivity index is 2.05. The van der Waals surface area contributed by atoms with Crippen LogP contribution in [0.4, 0.5) is 11.5 Å². The Bertz CT molecular complexity index is 667. The molecule has 1 heterocycles. The average molecular weight is 327 g/mol. The highest BCUT2D eigenvalue weighted by Gasteiger charge is 2.08. The molecule has 0 bridgehead atoms. The summed E-state index contributed by atoms with van der Waals surface area (Å²) in [6.45, 7) is 8.74. The van der Waals surface area contributed by atoms with Crippen molar-refractivity contribution in [3.63, 3.8) is 0 Å². The second-order valence-corrected chi connectivity index (χ2v) is 6.32. The molecular weight excluding hydrogens is 302 g/mol. The number of para-hydroxylation sites is 2. The van der Waals surface area contributed by atoms with Crippen molar-refractivity contribution in [3.8, 4) is 5.75 Å². The van der Waals surface area contributed by atoms with Crippen LogP contribution in [0.3, 0.4) is 0 Å². The monoisotopic (exact) mass is 327 g/mol. The predicted octanol–water partition coefficient (Wildman–Crippen LogP) is 4.00. The number of amides is 1. The summed E-state index contributed by atoms with van der Waals surface area (Å²) < 4.78 is 5.78. The van der Waals surface area contributed by atoms with Gasteiger partial charge in [0.05, 0.1) is 17.4 Å². The molecular formula is C19H25N3O2. The lowest BCUT2D eigenvalue weighted by atomic mass is 10.2. The van der Waals surface area contributed by atoms with Gasteiger partial charge in [0.15, 0.2) is 0 Å². The number of anilines is 2. The van der Waals surface area contributed by atoms with Gasteiger partial charge in [-0.1, -0.05) is 26.0 Å². The summed E-state index contributed by atoms with van der Waals surface area (Å²) in [7, 11) is 0. The average Bonchev–Trinajstić information content (AvgIpc) is 2.54. The highest BCUT2D eigenvalue weighted by atomic mass is 16.5. The maximum atomic E-state index is 12.0. The van der Waals surface area contributed by atoms with E-state index in [1.54, 1.807) is 18.3 Å². The van der Waals surface area contributed by atoms with Crippen LogP contribution in [-0.4, -0.2) is 23.5 Å². The summed E-state index contributed by atoms with van der Waals surface area (Å²) in [6.07, 6.45) is 1.66. The summed E-state index contributed by atoms with van der Waals surface area (Å²) >= 11 is 0. The van der Waals surface area contributed by atoms with Crippen LogP contribution in [-0.2, 0) is 0 Å². The molecule has 2 N–H and O–H groups in total. The van der Waals surface area contributed by atoms with Crippen LogP contribution < -0.4 is 15.4 Å². The lowest BCUT2D eigenvalue weighted by Gasteiger charge is -2.15. The van der Waals surface area contributed by atoms with E-state index < -0.39 is 0 Å². The number of carbonyl (C=O) groups excluding carboxylic acids is 1. The van der Waals surface area contributed by atoms with Gasteiger partial charge < -0.3 is 15.4 Å². The zero-order chi connectivity index (χ0) is 17.5. The van der Waals surface area contributed by atoms with Crippen molar-refractivity contribution in [1.82, 2.24) is 10.3 Å². The van der Waals surface area contributed by atoms with E-state index in [0.29, 0.717) is 23.8 Å². The maximum absolute atomic E-state index is 12.0. The Morgan fingerprint density at radius 3 is 2.50 bits per heavy atom. The molecule has 0 aliphatic carbocycles. The number of nitrogens with zero attached hydrogens (tertiary/aromatic N) is 1. The summed E-state index contributed by atoms with van der Waals surface area (Å²) in [5.41, 5.74) is 1.39. The van der Waals surface area contributed by atoms with Crippen molar-refractivity contribution in [2.75, 3.05) is 11.9 Å². The van der Waals surface area contributed by atoms with E-state index in [1.807, 2.05) is 38.1 Å². The van der Waals surface area contributed by atoms with E-state index in [9.17, 15) is 4.79 Å². The van der Waals surface area contributed by atoms with Gasteiger partial charge in [0.25, 0.3) is 5.91 Å². The van der Waals surface area contributed by atoms with E-state index >= 15 is 0 Å². The molecule has 0 unspecified atom stereocenters. The second-order valence-electron chi connectivity index (χ2n) is 6.32. The van der Waals surface area contributed by atoms with Crippen molar-refractivity contribution in [3.05, 3.63) is 48.2 Å². The number of nitrogens with one attached hydrogen (secondary N) is 2. The molecule has 0 atom stereocenters. The van der Waals surface area contributed by atoms with Gasteiger partial charge in [0, 0.05) is 12.7 Å². The fourth-order valence-electron chi connectivity index (χ4n) is 2.07. The van der Waals surface area contributed by atoms with Crippen LogP contribution in [0.2, 0.25) is 0 Å². The largest absolute Gasteiger partial charge is 0.489 e. The Morgan fingerprint density at radius 2 is 1.88 bits per heavy atom. The topological polar surface area (TPSA) is 63.2 Å². The molecule has 1 amide bonds. The van der Waals surface area contributed by atoms with Gasteiger partial charge in [-0.05, 0) is 44.0 Å². The van der Waals surface area contributed by atoms with Gasteiger partial charge in [-0.3, -0.25) is 4.79 Å². The fraction of sp³-hybridized carbons (Fsp3) is 0.368. The molecule has 1 aromatic carbocycles. The lowest BCUT2D eigenvalue weighted by molar-refractivity contribution is 0.0948. The van der Waals surface area contributed by atoms with Gasteiger partial charge in [-0.15, -0.1) is 0 Å². The van der Waals surface area contributed by atoms with Gasteiger partial charge >= 0.3 is 0 Å². The highest BCUT2D eigenvalue weighted by Crippen LogP contribution is 2.27. The van der Waals surface area contributed by atoms with Crippen molar-refractivity contribution < 1.29 is 9.53 Å². The number of rotatable bonds is 7. The molecule has 128 valence electrons. The molecule has 0 aliphatic heterocycles. The number of carbonyl (C=O) groups is 1. The van der Waals surface area contributed by atoms with E-state index in [2.05, 4.69) is 29.5 Å². The molecule has 2 aromatic rings. The third-order valence-electron chi connectivity index (χ3n) is 3.21. The molecule has 0 spiro atoms. The predicted molar refractivity (Wildman–Crippen MR) is 96.9 cm³/mol. The lowest BCUT2D eigenvalue weighted by Crippen LogP contribution is -2.27. The number of pyridine rings is 1. The number of hydrogen-bond donors (Lipinski definition) is 2. The second kappa shape index (κ2) is 8.34. The first-order chi connectivity index (χ1) is 11.5. The minimum atomic E-state index is -0.105. The minimum absolute atomic E-state index is 0.0907. The minimum Gasteiger partial charge on any atom is -0.489 e. The van der Waals surface area contributed by atoms with Gasteiger partial charge in [-0.2, -0.15) is 0 Å². The molecule has 0 aliphatic rings. The molecule has 2 rings (SSSR count). The van der Waals surface area contributed by atoms with Crippen molar-refractivity contribution in [2.24, 2.45) is 5.92 Å². The fourth-order valence-corrected chi connectivity index (χ4v) is 2.07. The molecule has 0 radical (unpaired) electrons. The Labute approximate surface area is 143 Å². The van der Waals surface area contributed by atoms with Crippen molar-refractivity contribution >= 4 is 17.4 Å². The van der Waals surface area contributed by atoms with Crippen LogP contribution in [0.1, 0.15) is 38.1 Å². The summed E-state index contributed by atoms with van der Waals surface area (Å²) in [6, 6.07) is 11.3. The number of benzene rings is 1. The van der Waals surface area contributed by atoms with Crippen LogP contribution in [0.15, 0.2) is 42.6 Å². The first-order valence-corrected chi connectivity index (χ1v) is 8.22. The molecule has 5 heteroatoms. The van der Waals surface area contributed by atoms with Gasteiger partial charge in [0.2, 0.25) is 0 Å². The zero-order valence-corrected chi connectivity index (χ0v) is 14.7. The normalized spacial score (nSPS) is 10.8. The Morgan fingerprint density at radius 1 is 1.12 bits per heavy atom. The van der Waals surface area contributed by atoms with Crippen LogP contribution in [0.5, 0.6) is 5.75 Å². The van der Waals surface area contributed by atoms with E-state index in [-0.39, 0.29) is 12.0 Å². The van der Waals surface area contributed by atoms with Crippen molar-refractivity contribution in [2.45, 2.75) is 33.8 Å². The molecule has 0 saturated carbocycles. The number of hydrogen-bond acceptors (Lipinski definition) is 4. The highest BCUT2D eigenvalue weighted by molar-refractivity contribution is 5.94. The van der Waals surface area contributed by atoms with Crippen LogP contribution in [0.25, 0.3) is 0 Å². The van der Waals surface area contributed by atoms with Crippen LogP contribution >= 0.6 is 0 Å². The quantitative estimate of drug-likeness (QED) is 0.807. The van der Waals surface area contributed by atoms with E-state index in [0.717, 1.165) is 11.4 Å². The van der Waals surface area contributed by atoms with E-state index in [4.69, 9.17) is 4.74 Å². The smallest absolute Gasteiger partial charge is 0.252 e. The molecule has 0 saturated heterocycles. The number of aromatic nitrogens is 1. The summed E-state index contributed by atoms with van der Waals surface area (Å²) in [4.78, 5) is 16.3. The third kappa shape index (κ3) is 5.26. The SMILES string of the molecule is CC(C)CNC(=O)c1ccc(Nc2ccccc2OC(C)C)nc1. The maximum Gasteiger partial charge on any atom is 0.252 e. The van der Waals surface area contributed by atoms with E-state index in [1.165, 1.54) is 0 Å². The van der Waals surface area contributed by atoms with Gasteiger partial charge in [-0.25, -0.2) is 4.98 Å². The first kappa shape index (κ1) is 17.8. The molecule has 5 nitrogen and oxygen atoms in total.